The zero-order valence-corrected chi connectivity index (χ0v) is 14.7. The zero-order valence-electron chi connectivity index (χ0n) is 14.7. The summed E-state index contributed by atoms with van der Waals surface area (Å²) in [6.45, 7) is 1.51. The van der Waals surface area contributed by atoms with Crippen molar-refractivity contribution < 1.29 is 4.79 Å². The van der Waals surface area contributed by atoms with Crippen LogP contribution in [-0.2, 0) is 0 Å². The van der Waals surface area contributed by atoms with Crippen molar-refractivity contribution in [3.8, 4) is 33.9 Å². The van der Waals surface area contributed by atoms with E-state index in [2.05, 4.69) is 15.0 Å². The Labute approximate surface area is 156 Å². The Hall–Kier alpha value is -3.73. The van der Waals surface area contributed by atoms with Gasteiger partial charge in [0.05, 0.1) is 22.8 Å². The van der Waals surface area contributed by atoms with E-state index < -0.39 is 0 Å². The van der Waals surface area contributed by atoms with Gasteiger partial charge in [-0.1, -0.05) is 12.1 Å². The number of rotatable bonds is 4. The average molecular weight is 352 g/mol. The van der Waals surface area contributed by atoms with Crippen molar-refractivity contribution in [1.82, 2.24) is 19.9 Å². The van der Waals surface area contributed by atoms with Gasteiger partial charge < -0.3 is 0 Å². The number of nitrogens with zero attached hydrogens (tertiary/aromatic N) is 4. The predicted molar refractivity (Wildman–Crippen MR) is 104 cm³/mol. The maximum atomic E-state index is 11.7. The van der Waals surface area contributed by atoms with Crippen LogP contribution in [0, 0.1) is 0 Å². The van der Waals surface area contributed by atoms with Gasteiger partial charge in [0.15, 0.2) is 5.78 Å². The largest absolute Gasteiger partial charge is 0.293 e. The highest BCUT2D eigenvalue weighted by Crippen LogP contribution is 2.28. The lowest BCUT2D eigenvalue weighted by molar-refractivity contribution is 0.101. The van der Waals surface area contributed by atoms with E-state index in [1.807, 2.05) is 54.6 Å². The quantitative estimate of drug-likeness (QED) is 0.507. The summed E-state index contributed by atoms with van der Waals surface area (Å²) in [7, 11) is 0. The van der Waals surface area contributed by atoms with Crippen LogP contribution in [0.5, 0.6) is 0 Å². The molecule has 0 bridgehead atoms. The van der Waals surface area contributed by atoms with Crippen LogP contribution in [0.2, 0.25) is 0 Å². The van der Waals surface area contributed by atoms with Gasteiger partial charge in [-0.2, -0.15) is 0 Å². The van der Waals surface area contributed by atoms with Gasteiger partial charge in [-0.25, -0.2) is 4.98 Å². The molecular weight excluding hydrogens is 336 g/mol. The van der Waals surface area contributed by atoms with E-state index in [1.165, 1.54) is 6.92 Å². The molecular formula is C22H16N4O. The van der Waals surface area contributed by atoms with Gasteiger partial charge in [0, 0.05) is 25.5 Å². The van der Waals surface area contributed by atoms with E-state index >= 15 is 0 Å². The topological polar surface area (TPSA) is 68.6 Å². The van der Waals surface area contributed by atoms with Crippen LogP contribution in [-0.4, -0.2) is 25.7 Å². The summed E-state index contributed by atoms with van der Waals surface area (Å²) in [5, 5.41) is 0. The molecule has 0 unspecified atom stereocenters. The molecule has 0 radical (unpaired) electrons. The predicted octanol–water partition coefficient (Wildman–Crippen LogP) is 4.47. The number of hydrogen-bond acceptors (Lipinski definition) is 5. The summed E-state index contributed by atoms with van der Waals surface area (Å²) < 4.78 is 0. The number of ketones is 1. The SMILES string of the molecule is CC(=O)c1cc(-c2cc(-c3ccccn3)nc(-c3ccccn3)c2)ccn1. The van der Waals surface area contributed by atoms with Crippen LogP contribution in [0.25, 0.3) is 33.9 Å². The standard InChI is InChI=1S/C22H16N4O/c1-15(27)20-12-16(8-11-25-20)17-13-21(18-6-2-4-9-23-18)26-22(14-17)19-7-3-5-10-24-19/h2-14H,1H3. The molecule has 0 fully saturated rings. The van der Waals surface area contributed by atoms with Crippen LogP contribution < -0.4 is 0 Å². The van der Waals surface area contributed by atoms with Crippen LogP contribution in [0.1, 0.15) is 17.4 Å². The Morgan fingerprint density at radius 2 is 1.30 bits per heavy atom. The first kappa shape index (κ1) is 16.7. The third kappa shape index (κ3) is 3.62. The fourth-order valence-corrected chi connectivity index (χ4v) is 2.79. The van der Waals surface area contributed by atoms with Gasteiger partial charge in [0.1, 0.15) is 5.69 Å². The van der Waals surface area contributed by atoms with Crippen molar-refractivity contribution in [2.24, 2.45) is 0 Å². The van der Waals surface area contributed by atoms with E-state index in [0.717, 1.165) is 33.9 Å². The van der Waals surface area contributed by atoms with Gasteiger partial charge in [-0.3, -0.25) is 19.7 Å². The second-order valence-electron chi connectivity index (χ2n) is 6.04. The zero-order chi connectivity index (χ0) is 18.6. The van der Waals surface area contributed by atoms with Crippen molar-refractivity contribution in [3.63, 3.8) is 0 Å². The Bertz CT molecular complexity index is 1040. The molecule has 0 saturated carbocycles. The third-order valence-electron chi connectivity index (χ3n) is 4.13. The monoisotopic (exact) mass is 352 g/mol. The summed E-state index contributed by atoms with van der Waals surface area (Å²) in [5.41, 5.74) is 5.30. The number of aromatic nitrogens is 4. The van der Waals surface area contributed by atoms with E-state index in [0.29, 0.717) is 5.69 Å². The maximum Gasteiger partial charge on any atom is 0.178 e. The lowest BCUT2D eigenvalue weighted by atomic mass is 10.0. The normalized spacial score (nSPS) is 10.6. The van der Waals surface area contributed by atoms with Gasteiger partial charge in [-0.05, 0) is 59.7 Å². The molecule has 0 amide bonds. The third-order valence-corrected chi connectivity index (χ3v) is 4.13. The minimum atomic E-state index is -0.0687. The molecule has 0 spiro atoms. The summed E-state index contributed by atoms with van der Waals surface area (Å²) in [6.07, 6.45) is 5.13. The molecule has 0 aliphatic carbocycles. The summed E-state index contributed by atoms with van der Waals surface area (Å²) in [4.78, 5) is 29.4. The van der Waals surface area contributed by atoms with Crippen LogP contribution in [0.4, 0.5) is 0 Å². The summed E-state index contributed by atoms with van der Waals surface area (Å²) in [5.74, 6) is -0.0687. The van der Waals surface area contributed by atoms with E-state index in [4.69, 9.17) is 4.98 Å². The first-order valence-corrected chi connectivity index (χ1v) is 8.53. The first-order valence-electron chi connectivity index (χ1n) is 8.53. The smallest absolute Gasteiger partial charge is 0.178 e. The number of carbonyl (C=O) groups is 1. The molecule has 0 aliphatic heterocycles. The van der Waals surface area contributed by atoms with Crippen LogP contribution in [0.3, 0.4) is 0 Å². The highest BCUT2D eigenvalue weighted by Gasteiger charge is 2.11. The molecule has 5 nitrogen and oxygen atoms in total. The van der Waals surface area contributed by atoms with Crippen molar-refractivity contribution in [3.05, 3.63) is 84.9 Å². The highest BCUT2D eigenvalue weighted by molar-refractivity contribution is 5.93. The van der Waals surface area contributed by atoms with Gasteiger partial charge in [0.25, 0.3) is 0 Å². The molecule has 0 atom stereocenters. The van der Waals surface area contributed by atoms with Crippen LogP contribution >= 0.6 is 0 Å². The first-order chi connectivity index (χ1) is 13.2. The maximum absolute atomic E-state index is 11.7. The van der Waals surface area contributed by atoms with Gasteiger partial charge >= 0.3 is 0 Å². The van der Waals surface area contributed by atoms with Gasteiger partial charge in [0.2, 0.25) is 0 Å². The second kappa shape index (κ2) is 7.25. The van der Waals surface area contributed by atoms with Crippen molar-refractivity contribution in [2.45, 2.75) is 6.92 Å². The second-order valence-corrected chi connectivity index (χ2v) is 6.04. The van der Waals surface area contributed by atoms with E-state index in [-0.39, 0.29) is 5.78 Å². The minimum Gasteiger partial charge on any atom is -0.293 e. The Morgan fingerprint density at radius 3 is 1.81 bits per heavy atom. The van der Waals surface area contributed by atoms with Gasteiger partial charge in [-0.15, -0.1) is 0 Å². The molecule has 4 rings (SSSR count). The average Bonchev–Trinajstić information content (AvgIpc) is 2.75. The molecule has 0 N–H and O–H groups in total. The van der Waals surface area contributed by atoms with E-state index in [9.17, 15) is 4.79 Å². The van der Waals surface area contributed by atoms with Crippen molar-refractivity contribution >= 4 is 5.78 Å². The number of pyridine rings is 4. The Kier molecular flexibility index (Phi) is 4.49. The number of Topliss-reactive ketones (excluding diaryl/α,β-unsaturated/α-hetero) is 1. The molecule has 4 aromatic rings. The highest BCUT2D eigenvalue weighted by atomic mass is 16.1. The molecule has 0 aliphatic rings. The molecule has 0 saturated heterocycles. The number of hydrogen-bond donors (Lipinski definition) is 0. The molecule has 5 heteroatoms. The molecule has 4 heterocycles. The van der Waals surface area contributed by atoms with Crippen LogP contribution in [0.15, 0.2) is 79.3 Å². The summed E-state index contributed by atoms with van der Waals surface area (Å²) >= 11 is 0. The molecule has 4 aromatic heterocycles. The fraction of sp³-hybridized carbons (Fsp3) is 0.0455. The van der Waals surface area contributed by atoms with Crippen molar-refractivity contribution in [2.75, 3.05) is 0 Å². The lowest BCUT2D eigenvalue weighted by Crippen LogP contribution is -1.97. The molecule has 0 aromatic carbocycles. The van der Waals surface area contributed by atoms with Crippen molar-refractivity contribution in [1.29, 1.82) is 0 Å². The lowest BCUT2D eigenvalue weighted by Gasteiger charge is -2.09. The Balaban J connectivity index is 1.91. The van der Waals surface area contributed by atoms with E-state index in [1.54, 1.807) is 24.7 Å². The molecule has 130 valence electrons. The Morgan fingerprint density at radius 1 is 0.667 bits per heavy atom. The minimum absolute atomic E-state index is 0.0687. The fourth-order valence-electron chi connectivity index (χ4n) is 2.79. The molecule has 27 heavy (non-hydrogen) atoms. The number of carbonyl (C=O) groups excluding carboxylic acids is 1. The summed E-state index contributed by atoms with van der Waals surface area (Å²) in [6, 6.07) is 19.0.